The maximum Gasteiger partial charge on any atom is 0.165 e. The SMILES string of the molecule is COc1cc(C(O)c2ccc(C)c(F)c2)ccc1F. The van der Waals surface area contributed by atoms with Crippen molar-refractivity contribution in [1.29, 1.82) is 0 Å². The van der Waals surface area contributed by atoms with Crippen molar-refractivity contribution in [3.05, 3.63) is 64.7 Å². The molecule has 1 unspecified atom stereocenters. The lowest BCUT2D eigenvalue weighted by molar-refractivity contribution is 0.219. The first-order valence-electron chi connectivity index (χ1n) is 5.80. The van der Waals surface area contributed by atoms with E-state index < -0.39 is 11.9 Å². The lowest BCUT2D eigenvalue weighted by Crippen LogP contribution is -2.02. The molecule has 0 fully saturated rings. The Morgan fingerprint density at radius 3 is 2.26 bits per heavy atom. The molecule has 0 bridgehead atoms. The predicted molar refractivity (Wildman–Crippen MR) is 68.2 cm³/mol. The second-order valence-electron chi connectivity index (χ2n) is 4.31. The minimum Gasteiger partial charge on any atom is -0.494 e. The molecule has 0 spiro atoms. The van der Waals surface area contributed by atoms with Crippen LogP contribution in [0.3, 0.4) is 0 Å². The Labute approximate surface area is 110 Å². The van der Waals surface area contributed by atoms with Crippen LogP contribution in [-0.4, -0.2) is 12.2 Å². The van der Waals surface area contributed by atoms with E-state index >= 15 is 0 Å². The van der Waals surface area contributed by atoms with Crippen molar-refractivity contribution in [3.8, 4) is 5.75 Å². The van der Waals surface area contributed by atoms with E-state index in [4.69, 9.17) is 4.74 Å². The van der Waals surface area contributed by atoms with Gasteiger partial charge in [0.1, 0.15) is 11.9 Å². The van der Waals surface area contributed by atoms with Crippen LogP contribution < -0.4 is 4.74 Å². The van der Waals surface area contributed by atoms with Gasteiger partial charge in [0.2, 0.25) is 0 Å². The Hall–Kier alpha value is -1.94. The summed E-state index contributed by atoms with van der Waals surface area (Å²) in [5, 5.41) is 10.2. The van der Waals surface area contributed by atoms with E-state index in [1.54, 1.807) is 19.1 Å². The van der Waals surface area contributed by atoms with Gasteiger partial charge in [0.15, 0.2) is 11.6 Å². The zero-order chi connectivity index (χ0) is 14.0. The molecule has 2 rings (SSSR count). The van der Waals surface area contributed by atoms with Gasteiger partial charge >= 0.3 is 0 Å². The molecule has 4 heteroatoms. The van der Waals surface area contributed by atoms with Gasteiger partial charge < -0.3 is 9.84 Å². The molecule has 0 saturated heterocycles. The second kappa shape index (κ2) is 5.36. The normalized spacial score (nSPS) is 12.3. The summed E-state index contributed by atoms with van der Waals surface area (Å²) in [7, 11) is 1.35. The van der Waals surface area contributed by atoms with Gasteiger partial charge in [0, 0.05) is 0 Å². The van der Waals surface area contributed by atoms with Crippen LogP contribution in [-0.2, 0) is 0 Å². The molecule has 0 aliphatic heterocycles. The lowest BCUT2D eigenvalue weighted by Gasteiger charge is -2.13. The van der Waals surface area contributed by atoms with Crippen LogP contribution in [0.5, 0.6) is 5.75 Å². The average molecular weight is 264 g/mol. The molecular formula is C15H14F2O2. The first kappa shape index (κ1) is 13.5. The van der Waals surface area contributed by atoms with Gasteiger partial charge in [-0.15, -0.1) is 0 Å². The molecule has 2 nitrogen and oxygen atoms in total. The van der Waals surface area contributed by atoms with Crippen molar-refractivity contribution >= 4 is 0 Å². The van der Waals surface area contributed by atoms with Gasteiger partial charge in [-0.25, -0.2) is 8.78 Å². The molecule has 0 aromatic heterocycles. The van der Waals surface area contributed by atoms with Gasteiger partial charge in [-0.1, -0.05) is 18.2 Å². The molecule has 0 amide bonds. The number of hydrogen-bond donors (Lipinski definition) is 1. The van der Waals surface area contributed by atoms with Crippen molar-refractivity contribution in [1.82, 2.24) is 0 Å². The van der Waals surface area contributed by atoms with Crippen LogP contribution in [0, 0.1) is 18.6 Å². The van der Waals surface area contributed by atoms with Crippen LogP contribution in [0.2, 0.25) is 0 Å². The molecule has 1 N–H and O–H groups in total. The number of benzene rings is 2. The Bertz CT molecular complexity index is 597. The minimum absolute atomic E-state index is 0.0455. The van der Waals surface area contributed by atoms with E-state index in [2.05, 4.69) is 0 Å². The molecule has 0 saturated carbocycles. The fraction of sp³-hybridized carbons (Fsp3) is 0.200. The van der Waals surface area contributed by atoms with Crippen molar-refractivity contribution < 1.29 is 18.6 Å². The number of halogens is 2. The van der Waals surface area contributed by atoms with E-state index in [9.17, 15) is 13.9 Å². The fourth-order valence-corrected chi connectivity index (χ4v) is 1.82. The van der Waals surface area contributed by atoms with Gasteiger partial charge in [0.25, 0.3) is 0 Å². The number of aliphatic hydroxyl groups excluding tert-OH is 1. The van der Waals surface area contributed by atoms with Crippen LogP contribution >= 0.6 is 0 Å². The summed E-state index contributed by atoms with van der Waals surface area (Å²) in [6.45, 7) is 1.65. The Balaban J connectivity index is 2.37. The van der Waals surface area contributed by atoms with E-state index in [1.807, 2.05) is 0 Å². The Kier molecular flexibility index (Phi) is 3.81. The van der Waals surface area contributed by atoms with Crippen molar-refractivity contribution in [3.63, 3.8) is 0 Å². The Morgan fingerprint density at radius 1 is 1.00 bits per heavy atom. The summed E-state index contributed by atoms with van der Waals surface area (Å²) >= 11 is 0. The summed E-state index contributed by atoms with van der Waals surface area (Å²) in [4.78, 5) is 0. The smallest absolute Gasteiger partial charge is 0.165 e. The molecule has 2 aromatic carbocycles. The standard InChI is InChI=1S/C15H14F2O2/c1-9-3-4-10(7-13(9)17)15(18)11-5-6-12(16)14(8-11)19-2/h3-8,15,18H,1-2H3. The van der Waals surface area contributed by atoms with E-state index in [0.717, 1.165) is 0 Å². The van der Waals surface area contributed by atoms with Crippen molar-refractivity contribution in [2.24, 2.45) is 0 Å². The number of rotatable bonds is 3. The fourth-order valence-electron chi connectivity index (χ4n) is 1.82. The number of methoxy groups -OCH3 is 1. The van der Waals surface area contributed by atoms with E-state index in [0.29, 0.717) is 16.7 Å². The number of ether oxygens (including phenoxy) is 1. The van der Waals surface area contributed by atoms with Crippen molar-refractivity contribution in [2.75, 3.05) is 7.11 Å². The third-order valence-corrected chi connectivity index (χ3v) is 3.00. The molecule has 2 aromatic rings. The minimum atomic E-state index is -1.02. The third-order valence-electron chi connectivity index (χ3n) is 3.00. The van der Waals surface area contributed by atoms with E-state index in [-0.39, 0.29) is 11.6 Å². The molecule has 100 valence electrons. The highest BCUT2D eigenvalue weighted by molar-refractivity contribution is 5.37. The maximum absolute atomic E-state index is 13.5. The topological polar surface area (TPSA) is 29.5 Å². The van der Waals surface area contributed by atoms with Crippen LogP contribution in [0.25, 0.3) is 0 Å². The second-order valence-corrected chi connectivity index (χ2v) is 4.31. The summed E-state index contributed by atoms with van der Waals surface area (Å²) < 4.78 is 31.6. The number of aryl methyl sites for hydroxylation is 1. The molecule has 0 aliphatic carbocycles. The third kappa shape index (κ3) is 2.74. The molecule has 0 radical (unpaired) electrons. The Morgan fingerprint density at radius 2 is 1.63 bits per heavy atom. The van der Waals surface area contributed by atoms with Gasteiger partial charge in [-0.05, 0) is 41.8 Å². The van der Waals surface area contributed by atoms with Crippen molar-refractivity contribution in [2.45, 2.75) is 13.0 Å². The molecular weight excluding hydrogens is 250 g/mol. The largest absolute Gasteiger partial charge is 0.494 e. The highest BCUT2D eigenvalue weighted by atomic mass is 19.1. The highest BCUT2D eigenvalue weighted by Crippen LogP contribution is 2.27. The van der Waals surface area contributed by atoms with Gasteiger partial charge in [-0.2, -0.15) is 0 Å². The van der Waals surface area contributed by atoms with Gasteiger partial charge in [-0.3, -0.25) is 0 Å². The first-order chi connectivity index (χ1) is 9.02. The van der Waals surface area contributed by atoms with E-state index in [1.165, 1.54) is 31.4 Å². The lowest BCUT2D eigenvalue weighted by atomic mass is 10.00. The number of aliphatic hydroxyl groups is 1. The van der Waals surface area contributed by atoms with Gasteiger partial charge in [0.05, 0.1) is 7.11 Å². The summed E-state index contributed by atoms with van der Waals surface area (Å²) in [6.07, 6.45) is -1.02. The highest BCUT2D eigenvalue weighted by Gasteiger charge is 2.14. The molecule has 19 heavy (non-hydrogen) atoms. The average Bonchev–Trinajstić information content (AvgIpc) is 2.41. The van der Waals surface area contributed by atoms with Crippen LogP contribution in [0.1, 0.15) is 22.8 Å². The monoisotopic (exact) mass is 264 g/mol. The summed E-state index contributed by atoms with van der Waals surface area (Å²) in [5.41, 5.74) is 1.37. The molecule has 1 atom stereocenters. The predicted octanol–water partition coefficient (Wildman–Crippen LogP) is 3.36. The maximum atomic E-state index is 13.5. The summed E-state index contributed by atoms with van der Waals surface area (Å²) in [5.74, 6) is -0.844. The zero-order valence-electron chi connectivity index (χ0n) is 10.7. The number of hydrogen-bond acceptors (Lipinski definition) is 2. The van der Waals surface area contributed by atoms with Crippen LogP contribution in [0.4, 0.5) is 8.78 Å². The van der Waals surface area contributed by atoms with Crippen LogP contribution in [0.15, 0.2) is 36.4 Å². The summed E-state index contributed by atoms with van der Waals surface area (Å²) in [6, 6.07) is 8.56. The molecule has 0 aliphatic rings. The quantitative estimate of drug-likeness (QED) is 0.921. The first-order valence-corrected chi connectivity index (χ1v) is 5.80. The zero-order valence-corrected chi connectivity index (χ0v) is 10.7. The molecule has 0 heterocycles.